The molecule has 0 aromatic heterocycles. The van der Waals surface area contributed by atoms with Crippen molar-refractivity contribution in [1.82, 2.24) is 0 Å². The Bertz CT molecular complexity index is 759. The van der Waals surface area contributed by atoms with E-state index in [0.29, 0.717) is 5.69 Å². The molecule has 1 unspecified atom stereocenters. The maximum Gasteiger partial charge on any atom is 0.296 e. The average Bonchev–Trinajstić information content (AvgIpc) is 2.81. The molecular weight excluding hydrogens is 286 g/mol. The summed E-state index contributed by atoms with van der Waals surface area (Å²) in [5.74, 6) is 0. The number of hydrogen-bond acceptors (Lipinski definition) is 3. The van der Waals surface area contributed by atoms with Crippen molar-refractivity contribution in [2.75, 3.05) is 10.0 Å². The van der Waals surface area contributed by atoms with Crippen LogP contribution in [-0.4, -0.2) is 8.42 Å². The van der Waals surface area contributed by atoms with Gasteiger partial charge in [0.25, 0.3) is 10.2 Å². The van der Waals surface area contributed by atoms with Crippen LogP contribution in [0.2, 0.25) is 0 Å². The van der Waals surface area contributed by atoms with Gasteiger partial charge in [-0.3, -0.25) is 4.72 Å². The highest BCUT2D eigenvalue weighted by atomic mass is 32.2. The van der Waals surface area contributed by atoms with Gasteiger partial charge >= 0.3 is 0 Å². The first-order valence-corrected chi connectivity index (χ1v) is 8.31. The van der Waals surface area contributed by atoms with Crippen LogP contribution in [0.3, 0.4) is 0 Å². The van der Waals surface area contributed by atoms with E-state index in [1.807, 2.05) is 12.1 Å². The second kappa shape index (κ2) is 5.38. The van der Waals surface area contributed by atoms with Crippen LogP contribution in [0.5, 0.6) is 0 Å². The summed E-state index contributed by atoms with van der Waals surface area (Å²) in [6, 6.07) is 15.7. The van der Waals surface area contributed by atoms with Gasteiger partial charge in [0.2, 0.25) is 0 Å². The Labute approximate surface area is 124 Å². The molecule has 3 rings (SSSR count). The molecule has 0 saturated carbocycles. The van der Waals surface area contributed by atoms with Crippen molar-refractivity contribution < 1.29 is 8.42 Å². The van der Waals surface area contributed by atoms with Gasteiger partial charge in [-0.25, -0.2) is 5.14 Å². The molecular formula is C15H17N3O2S. The zero-order valence-corrected chi connectivity index (χ0v) is 12.2. The van der Waals surface area contributed by atoms with Crippen LogP contribution < -0.4 is 15.2 Å². The molecule has 0 fully saturated rings. The van der Waals surface area contributed by atoms with Crippen molar-refractivity contribution in [3.05, 3.63) is 59.7 Å². The zero-order chi connectivity index (χ0) is 14.9. The molecule has 4 N–H and O–H groups in total. The minimum absolute atomic E-state index is 0.255. The number of hydrogen-bond donors (Lipinski definition) is 3. The molecule has 1 aliphatic rings. The van der Waals surface area contributed by atoms with E-state index in [2.05, 4.69) is 28.2 Å². The highest BCUT2D eigenvalue weighted by molar-refractivity contribution is 7.90. The van der Waals surface area contributed by atoms with Crippen LogP contribution in [0.1, 0.15) is 23.6 Å². The molecule has 110 valence electrons. The number of benzene rings is 2. The third kappa shape index (κ3) is 3.34. The molecule has 0 aliphatic heterocycles. The molecule has 1 atom stereocenters. The highest BCUT2D eigenvalue weighted by Crippen LogP contribution is 2.34. The molecule has 0 saturated heterocycles. The predicted molar refractivity (Wildman–Crippen MR) is 84.3 cm³/mol. The van der Waals surface area contributed by atoms with E-state index in [1.54, 1.807) is 18.2 Å². The quantitative estimate of drug-likeness (QED) is 0.811. The monoisotopic (exact) mass is 303 g/mol. The first kappa shape index (κ1) is 13.9. The Balaban J connectivity index is 1.79. The van der Waals surface area contributed by atoms with Crippen LogP contribution >= 0.6 is 0 Å². The lowest BCUT2D eigenvalue weighted by Gasteiger charge is -2.16. The SMILES string of the molecule is NS(=O)(=O)Nc1cccc(NC2CCc3ccccc32)c1. The lowest BCUT2D eigenvalue weighted by atomic mass is 10.1. The second-order valence-electron chi connectivity index (χ2n) is 5.16. The van der Waals surface area contributed by atoms with Crippen molar-refractivity contribution in [3.8, 4) is 0 Å². The number of rotatable bonds is 4. The first-order valence-electron chi connectivity index (χ1n) is 6.76. The van der Waals surface area contributed by atoms with Crippen molar-refractivity contribution >= 4 is 21.6 Å². The van der Waals surface area contributed by atoms with Crippen molar-refractivity contribution in [3.63, 3.8) is 0 Å². The van der Waals surface area contributed by atoms with Crippen molar-refractivity contribution in [2.24, 2.45) is 5.14 Å². The van der Waals surface area contributed by atoms with Gasteiger partial charge < -0.3 is 5.32 Å². The molecule has 0 radical (unpaired) electrons. The van der Waals surface area contributed by atoms with E-state index in [0.717, 1.165) is 18.5 Å². The largest absolute Gasteiger partial charge is 0.378 e. The second-order valence-corrected chi connectivity index (χ2v) is 6.46. The minimum atomic E-state index is -3.75. The predicted octanol–water partition coefficient (Wildman–Crippen LogP) is 2.40. The molecule has 0 amide bonds. The van der Waals surface area contributed by atoms with E-state index < -0.39 is 10.2 Å². The molecule has 0 bridgehead atoms. The fraction of sp³-hybridized carbons (Fsp3) is 0.200. The van der Waals surface area contributed by atoms with Crippen LogP contribution in [0.4, 0.5) is 11.4 Å². The lowest BCUT2D eigenvalue weighted by molar-refractivity contribution is 0.603. The van der Waals surface area contributed by atoms with E-state index in [1.165, 1.54) is 11.1 Å². The normalized spacial score (nSPS) is 17.3. The smallest absolute Gasteiger partial charge is 0.296 e. The number of nitrogens with two attached hydrogens (primary N) is 1. The Morgan fingerprint density at radius 1 is 1.05 bits per heavy atom. The maximum absolute atomic E-state index is 11.1. The molecule has 2 aromatic rings. The van der Waals surface area contributed by atoms with Gasteiger partial charge in [-0.05, 0) is 42.2 Å². The fourth-order valence-electron chi connectivity index (χ4n) is 2.74. The summed E-state index contributed by atoms with van der Waals surface area (Å²) in [5, 5.41) is 8.43. The van der Waals surface area contributed by atoms with Gasteiger partial charge in [0.1, 0.15) is 0 Å². The number of nitrogens with one attached hydrogen (secondary N) is 2. The summed E-state index contributed by atoms with van der Waals surface area (Å²) in [5.41, 5.74) is 4.00. The third-order valence-electron chi connectivity index (χ3n) is 3.60. The molecule has 5 nitrogen and oxygen atoms in total. The maximum atomic E-state index is 11.1. The van der Waals surface area contributed by atoms with Crippen LogP contribution in [0.25, 0.3) is 0 Å². The van der Waals surface area contributed by atoms with E-state index in [9.17, 15) is 8.42 Å². The average molecular weight is 303 g/mol. The fourth-order valence-corrected chi connectivity index (χ4v) is 3.20. The Morgan fingerprint density at radius 3 is 2.62 bits per heavy atom. The molecule has 1 aliphatic carbocycles. The molecule has 2 aromatic carbocycles. The first-order chi connectivity index (χ1) is 10.0. The van der Waals surface area contributed by atoms with Crippen molar-refractivity contribution in [1.29, 1.82) is 0 Å². The number of anilines is 2. The lowest BCUT2D eigenvalue weighted by Crippen LogP contribution is -2.21. The van der Waals surface area contributed by atoms with Gasteiger partial charge in [-0.15, -0.1) is 0 Å². The summed E-state index contributed by atoms with van der Waals surface area (Å²) < 4.78 is 24.4. The Kier molecular flexibility index (Phi) is 3.57. The minimum Gasteiger partial charge on any atom is -0.378 e. The standard InChI is InChI=1S/C15H17N3O2S/c16-21(19,20)18-13-6-3-5-12(10-13)17-15-9-8-11-4-1-2-7-14(11)15/h1-7,10,15,17-18H,8-9H2,(H2,16,19,20). The third-order valence-corrected chi connectivity index (χ3v) is 4.12. The Morgan fingerprint density at radius 2 is 1.81 bits per heavy atom. The molecule has 0 spiro atoms. The van der Waals surface area contributed by atoms with Gasteiger partial charge in [-0.1, -0.05) is 30.3 Å². The van der Waals surface area contributed by atoms with Crippen LogP contribution in [0.15, 0.2) is 48.5 Å². The number of aryl methyl sites for hydroxylation is 1. The summed E-state index contributed by atoms with van der Waals surface area (Å²) in [6.07, 6.45) is 2.09. The molecule has 0 heterocycles. The summed E-state index contributed by atoms with van der Waals surface area (Å²) in [7, 11) is -3.75. The summed E-state index contributed by atoms with van der Waals surface area (Å²) in [6.45, 7) is 0. The van der Waals surface area contributed by atoms with Crippen LogP contribution in [-0.2, 0) is 16.6 Å². The van der Waals surface area contributed by atoms with Gasteiger partial charge in [0, 0.05) is 5.69 Å². The van der Waals surface area contributed by atoms with Gasteiger partial charge in [-0.2, -0.15) is 8.42 Å². The molecule has 6 heteroatoms. The highest BCUT2D eigenvalue weighted by Gasteiger charge is 2.21. The van der Waals surface area contributed by atoms with Gasteiger partial charge in [0.05, 0.1) is 11.7 Å². The van der Waals surface area contributed by atoms with Crippen molar-refractivity contribution in [2.45, 2.75) is 18.9 Å². The zero-order valence-electron chi connectivity index (χ0n) is 11.4. The Hall–Kier alpha value is -2.05. The van der Waals surface area contributed by atoms with Gasteiger partial charge in [0.15, 0.2) is 0 Å². The van der Waals surface area contributed by atoms with E-state index in [4.69, 9.17) is 5.14 Å². The summed E-state index contributed by atoms with van der Waals surface area (Å²) >= 11 is 0. The van der Waals surface area contributed by atoms with E-state index >= 15 is 0 Å². The summed E-state index contributed by atoms with van der Waals surface area (Å²) in [4.78, 5) is 0. The van der Waals surface area contributed by atoms with E-state index in [-0.39, 0.29) is 6.04 Å². The topological polar surface area (TPSA) is 84.2 Å². The number of fused-ring (bicyclic) bond motifs is 1. The molecule has 21 heavy (non-hydrogen) atoms. The van der Waals surface area contributed by atoms with Crippen LogP contribution in [0, 0.1) is 0 Å².